The Bertz CT molecular complexity index is 1020. The maximum atomic E-state index is 12.5. The highest BCUT2D eigenvalue weighted by atomic mass is 32.2. The summed E-state index contributed by atoms with van der Waals surface area (Å²) in [4.78, 5) is 16.5. The minimum Gasteiger partial charge on any atom is -0.306 e. The molecule has 7 heteroatoms. The molecule has 0 aliphatic heterocycles. The fraction of sp³-hybridized carbons (Fsp3) is 0.188. The van der Waals surface area contributed by atoms with Crippen molar-refractivity contribution in [3.8, 4) is 0 Å². The van der Waals surface area contributed by atoms with Gasteiger partial charge in [0.05, 0.1) is 15.9 Å². The van der Waals surface area contributed by atoms with Crippen molar-refractivity contribution >= 4 is 26.7 Å². The number of hydrogen-bond donors (Lipinski definition) is 3. The number of rotatable bonds is 4. The number of hydrogen-bond acceptors (Lipinski definition) is 3. The van der Waals surface area contributed by atoms with Gasteiger partial charge >= 0.3 is 5.69 Å². The molecule has 0 unspecified atom stereocenters. The summed E-state index contributed by atoms with van der Waals surface area (Å²) in [6, 6.07) is 11.8. The van der Waals surface area contributed by atoms with Crippen LogP contribution in [0.3, 0.4) is 0 Å². The molecule has 3 N–H and O–H groups in total. The van der Waals surface area contributed by atoms with Crippen LogP contribution in [0.15, 0.2) is 52.2 Å². The Hall–Kier alpha value is -2.54. The lowest BCUT2D eigenvalue weighted by atomic mass is 10.0. The standard InChI is InChI=1S/C16H17N3O3S/c1-10(2)11-4-3-5-12(8-11)19-23(21,22)13-6-7-14-15(9-13)18-16(20)17-14/h3-10,19H,1-2H3,(H2,17,18,20). The van der Waals surface area contributed by atoms with Crippen LogP contribution in [0, 0.1) is 0 Å². The summed E-state index contributed by atoms with van der Waals surface area (Å²) < 4.78 is 27.6. The van der Waals surface area contributed by atoms with E-state index in [1.807, 2.05) is 32.0 Å². The molecule has 0 saturated carbocycles. The average Bonchev–Trinajstić information content (AvgIpc) is 2.86. The van der Waals surface area contributed by atoms with Gasteiger partial charge in [0.2, 0.25) is 0 Å². The lowest BCUT2D eigenvalue weighted by Crippen LogP contribution is -2.13. The normalized spacial score (nSPS) is 12.0. The molecule has 1 aromatic heterocycles. The molecule has 0 spiro atoms. The van der Waals surface area contributed by atoms with E-state index in [2.05, 4.69) is 14.7 Å². The summed E-state index contributed by atoms with van der Waals surface area (Å²) in [5.41, 5.74) is 2.21. The van der Waals surface area contributed by atoms with E-state index in [-0.39, 0.29) is 10.6 Å². The van der Waals surface area contributed by atoms with Crippen LogP contribution in [0.5, 0.6) is 0 Å². The van der Waals surface area contributed by atoms with Crippen molar-refractivity contribution in [2.45, 2.75) is 24.7 Å². The van der Waals surface area contributed by atoms with E-state index in [0.29, 0.717) is 22.6 Å². The molecule has 0 bridgehead atoms. The monoisotopic (exact) mass is 331 g/mol. The lowest BCUT2D eigenvalue weighted by Gasteiger charge is -2.11. The number of imidazole rings is 1. The highest BCUT2D eigenvalue weighted by Crippen LogP contribution is 2.22. The van der Waals surface area contributed by atoms with E-state index in [1.54, 1.807) is 12.1 Å². The van der Waals surface area contributed by atoms with Gasteiger partial charge < -0.3 is 9.97 Å². The Kier molecular flexibility index (Phi) is 3.73. The molecular weight excluding hydrogens is 314 g/mol. The van der Waals surface area contributed by atoms with Crippen molar-refractivity contribution < 1.29 is 8.42 Å². The maximum Gasteiger partial charge on any atom is 0.323 e. The number of H-pyrrole nitrogens is 2. The van der Waals surface area contributed by atoms with Crippen LogP contribution in [0.1, 0.15) is 25.3 Å². The zero-order chi connectivity index (χ0) is 16.6. The minimum absolute atomic E-state index is 0.0928. The van der Waals surface area contributed by atoms with E-state index in [9.17, 15) is 13.2 Å². The van der Waals surface area contributed by atoms with E-state index in [1.165, 1.54) is 12.1 Å². The van der Waals surface area contributed by atoms with Crippen molar-refractivity contribution in [1.29, 1.82) is 0 Å². The topological polar surface area (TPSA) is 94.8 Å². The Morgan fingerprint density at radius 3 is 2.48 bits per heavy atom. The third kappa shape index (κ3) is 3.14. The van der Waals surface area contributed by atoms with Gasteiger partial charge in [-0.3, -0.25) is 4.72 Å². The molecule has 0 radical (unpaired) electrons. The minimum atomic E-state index is -3.72. The van der Waals surface area contributed by atoms with Gasteiger partial charge in [0, 0.05) is 5.69 Å². The van der Waals surface area contributed by atoms with Crippen LogP contribution < -0.4 is 10.4 Å². The number of fused-ring (bicyclic) bond motifs is 1. The molecule has 0 saturated heterocycles. The Labute approximate surface area is 133 Å². The molecule has 3 aromatic rings. The predicted molar refractivity (Wildman–Crippen MR) is 90.3 cm³/mol. The summed E-state index contributed by atoms with van der Waals surface area (Å²) >= 11 is 0. The first kappa shape index (κ1) is 15.4. The zero-order valence-corrected chi connectivity index (χ0v) is 13.6. The molecule has 23 heavy (non-hydrogen) atoms. The van der Waals surface area contributed by atoms with Crippen molar-refractivity contribution in [3.05, 3.63) is 58.5 Å². The van der Waals surface area contributed by atoms with Gasteiger partial charge in [-0.05, 0) is 41.8 Å². The molecule has 2 aromatic carbocycles. The molecule has 3 rings (SSSR count). The maximum absolute atomic E-state index is 12.5. The van der Waals surface area contributed by atoms with E-state index >= 15 is 0 Å². The summed E-state index contributed by atoms with van der Waals surface area (Å²) in [7, 11) is -3.72. The van der Waals surface area contributed by atoms with Crippen LogP contribution in [0.25, 0.3) is 11.0 Å². The summed E-state index contributed by atoms with van der Waals surface area (Å²) in [6.45, 7) is 4.09. The summed E-state index contributed by atoms with van der Waals surface area (Å²) in [5, 5.41) is 0. The second-order valence-corrected chi connectivity index (χ2v) is 7.35. The third-order valence-corrected chi connectivity index (χ3v) is 4.98. The molecule has 6 nitrogen and oxygen atoms in total. The zero-order valence-electron chi connectivity index (χ0n) is 12.8. The van der Waals surface area contributed by atoms with E-state index in [0.717, 1.165) is 5.56 Å². The van der Waals surface area contributed by atoms with Gasteiger partial charge in [-0.15, -0.1) is 0 Å². The van der Waals surface area contributed by atoms with Gasteiger partial charge in [0.15, 0.2) is 0 Å². The molecule has 0 atom stereocenters. The largest absolute Gasteiger partial charge is 0.323 e. The van der Waals surface area contributed by atoms with Gasteiger partial charge in [-0.1, -0.05) is 26.0 Å². The van der Waals surface area contributed by atoms with Crippen molar-refractivity contribution in [3.63, 3.8) is 0 Å². The second-order valence-electron chi connectivity index (χ2n) is 5.67. The van der Waals surface area contributed by atoms with Crippen LogP contribution in [-0.4, -0.2) is 18.4 Å². The molecule has 0 fully saturated rings. The Morgan fingerprint density at radius 2 is 1.74 bits per heavy atom. The SMILES string of the molecule is CC(C)c1cccc(NS(=O)(=O)c2ccc3[nH]c(=O)[nH]c3c2)c1. The summed E-state index contributed by atoms with van der Waals surface area (Å²) in [5.74, 6) is 0.306. The fourth-order valence-electron chi connectivity index (χ4n) is 2.35. The number of aromatic nitrogens is 2. The summed E-state index contributed by atoms with van der Waals surface area (Å²) in [6.07, 6.45) is 0. The molecule has 0 aliphatic carbocycles. The van der Waals surface area contributed by atoms with Crippen molar-refractivity contribution in [1.82, 2.24) is 9.97 Å². The van der Waals surface area contributed by atoms with Gasteiger partial charge in [-0.2, -0.15) is 0 Å². The van der Waals surface area contributed by atoms with Crippen LogP contribution >= 0.6 is 0 Å². The second kappa shape index (κ2) is 5.58. The lowest BCUT2D eigenvalue weighted by molar-refractivity contribution is 0.601. The number of aromatic amines is 2. The first-order valence-corrected chi connectivity index (χ1v) is 8.68. The number of nitrogens with one attached hydrogen (secondary N) is 3. The molecule has 120 valence electrons. The average molecular weight is 331 g/mol. The third-order valence-electron chi connectivity index (χ3n) is 3.60. The Morgan fingerprint density at radius 1 is 1.00 bits per heavy atom. The number of benzene rings is 2. The molecule has 1 heterocycles. The van der Waals surface area contributed by atoms with Crippen LogP contribution in [-0.2, 0) is 10.0 Å². The van der Waals surface area contributed by atoms with Gasteiger partial charge in [0.25, 0.3) is 10.0 Å². The number of anilines is 1. The highest BCUT2D eigenvalue weighted by Gasteiger charge is 2.16. The highest BCUT2D eigenvalue weighted by molar-refractivity contribution is 7.92. The molecule has 0 aliphatic rings. The van der Waals surface area contributed by atoms with E-state index in [4.69, 9.17) is 0 Å². The predicted octanol–water partition coefficient (Wildman–Crippen LogP) is 2.78. The smallest absolute Gasteiger partial charge is 0.306 e. The quantitative estimate of drug-likeness (QED) is 0.686. The van der Waals surface area contributed by atoms with Gasteiger partial charge in [0.1, 0.15) is 0 Å². The molecule has 0 amide bonds. The van der Waals surface area contributed by atoms with E-state index < -0.39 is 10.0 Å². The van der Waals surface area contributed by atoms with Gasteiger partial charge in [-0.25, -0.2) is 13.2 Å². The van der Waals surface area contributed by atoms with Crippen LogP contribution in [0.4, 0.5) is 5.69 Å². The first-order valence-electron chi connectivity index (χ1n) is 7.20. The Balaban J connectivity index is 1.96. The first-order chi connectivity index (χ1) is 10.8. The fourth-order valence-corrected chi connectivity index (χ4v) is 3.43. The van der Waals surface area contributed by atoms with Crippen LogP contribution in [0.2, 0.25) is 0 Å². The number of sulfonamides is 1. The molecular formula is C16H17N3O3S. The van der Waals surface area contributed by atoms with Crippen molar-refractivity contribution in [2.24, 2.45) is 0 Å². The van der Waals surface area contributed by atoms with Crippen molar-refractivity contribution in [2.75, 3.05) is 4.72 Å².